The molecule has 19 heavy (non-hydrogen) atoms. The maximum absolute atomic E-state index is 11.1. The third-order valence-electron chi connectivity index (χ3n) is 3.70. The van der Waals surface area contributed by atoms with Crippen molar-refractivity contribution in [1.82, 2.24) is 0 Å². The van der Waals surface area contributed by atoms with Crippen molar-refractivity contribution in [3.05, 3.63) is 33.3 Å². The third kappa shape index (κ3) is 2.48. The Morgan fingerprint density at radius 1 is 1.21 bits per heavy atom. The van der Waals surface area contributed by atoms with Gasteiger partial charge in [-0.15, -0.1) is 0 Å². The van der Waals surface area contributed by atoms with Gasteiger partial charge >= 0.3 is 7.12 Å². The molecule has 5 nitrogen and oxygen atoms in total. The Hall–Kier alpha value is -1.11. The van der Waals surface area contributed by atoms with Crippen molar-refractivity contribution in [2.75, 3.05) is 0 Å². The van der Waals surface area contributed by atoms with Gasteiger partial charge in [0.25, 0.3) is 5.69 Å². The summed E-state index contributed by atoms with van der Waals surface area (Å²) in [5, 5.41) is 11.4. The van der Waals surface area contributed by atoms with E-state index in [9.17, 15) is 10.1 Å². The third-order valence-corrected chi connectivity index (χ3v) is 3.93. The standard InChI is InChI=1S/C12H15BClNO4/c1-11(2)12(3,4)19-13(18-11)9-6-5-8(14)7-10(9)15(16)17/h5-7H,1-4H3. The zero-order valence-electron chi connectivity index (χ0n) is 11.3. The van der Waals surface area contributed by atoms with E-state index in [-0.39, 0.29) is 5.69 Å². The van der Waals surface area contributed by atoms with Crippen LogP contribution in [-0.4, -0.2) is 23.2 Å². The highest BCUT2D eigenvalue weighted by Crippen LogP contribution is 2.37. The van der Waals surface area contributed by atoms with Gasteiger partial charge in [-0.25, -0.2) is 0 Å². The van der Waals surface area contributed by atoms with Gasteiger partial charge < -0.3 is 9.31 Å². The monoisotopic (exact) mass is 283 g/mol. The first-order chi connectivity index (χ1) is 8.64. The van der Waals surface area contributed by atoms with E-state index in [2.05, 4.69) is 0 Å². The van der Waals surface area contributed by atoms with Crippen LogP contribution in [0.1, 0.15) is 27.7 Å². The molecule has 1 aliphatic rings. The molecule has 102 valence electrons. The number of hydrogen-bond donors (Lipinski definition) is 0. The first-order valence-electron chi connectivity index (χ1n) is 5.93. The molecule has 1 heterocycles. The molecule has 7 heteroatoms. The van der Waals surface area contributed by atoms with Crippen molar-refractivity contribution >= 4 is 29.9 Å². The molecule has 0 unspecified atom stereocenters. The number of hydrogen-bond acceptors (Lipinski definition) is 4. The summed E-state index contributed by atoms with van der Waals surface area (Å²) in [6, 6.07) is 4.47. The summed E-state index contributed by atoms with van der Waals surface area (Å²) < 4.78 is 11.6. The summed E-state index contributed by atoms with van der Waals surface area (Å²) in [7, 11) is -0.761. The Kier molecular flexibility index (Phi) is 3.37. The average Bonchev–Trinajstić information content (AvgIpc) is 2.47. The largest absolute Gasteiger partial charge is 0.501 e. The van der Waals surface area contributed by atoms with E-state index in [4.69, 9.17) is 20.9 Å². The minimum absolute atomic E-state index is 0.0917. The molecular formula is C12H15BClNO4. The van der Waals surface area contributed by atoms with E-state index >= 15 is 0 Å². The summed E-state index contributed by atoms with van der Waals surface area (Å²) in [5.74, 6) is 0. The number of nitrogens with zero attached hydrogens (tertiary/aromatic N) is 1. The number of nitro benzene ring substituents is 1. The second-order valence-electron chi connectivity index (χ2n) is 5.55. The van der Waals surface area contributed by atoms with Crippen LogP contribution >= 0.6 is 11.6 Å². The Labute approximate surface area is 117 Å². The SMILES string of the molecule is CC1(C)OB(c2ccc(Cl)cc2[N+](=O)[O-])OC1(C)C. The smallest absolute Gasteiger partial charge is 0.399 e. The van der Waals surface area contributed by atoms with E-state index in [0.29, 0.717) is 10.5 Å². The summed E-state index contributed by atoms with van der Waals surface area (Å²) in [6.07, 6.45) is 0. The van der Waals surface area contributed by atoms with Crippen molar-refractivity contribution in [2.24, 2.45) is 0 Å². The minimum atomic E-state index is -0.761. The molecule has 1 aliphatic heterocycles. The van der Waals surface area contributed by atoms with Crippen molar-refractivity contribution in [3.8, 4) is 0 Å². The van der Waals surface area contributed by atoms with Crippen LogP contribution in [-0.2, 0) is 9.31 Å². The van der Waals surface area contributed by atoms with Crippen LogP contribution in [0.15, 0.2) is 18.2 Å². The van der Waals surface area contributed by atoms with Crippen LogP contribution in [0.2, 0.25) is 5.02 Å². The second-order valence-corrected chi connectivity index (χ2v) is 5.98. The number of rotatable bonds is 2. The molecule has 1 aromatic rings. The first kappa shape index (κ1) is 14.3. The molecule has 0 saturated carbocycles. The number of nitro groups is 1. The van der Waals surface area contributed by atoms with Gasteiger partial charge in [0.15, 0.2) is 0 Å². The fourth-order valence-electron chi connectivity index (χ4n) is 1.84. The van der Waals surface area contributed by atoms with E-state index < -0.39 is 23.2 Å². The first-order valence-corrected chi connectivity index (χ1v) is 6.31. The highest BCUT2D eigenvalue weighted by Gasteiger charge is 2.53. The van der Waals surface area contributed by atoms with Crippen LogP contribution < -0.4 is 5.46 Å². The van der Waals surface area contributed by atoms with Crippen molar-refractivity contribution in [3.63, 3.8) is 0 Å². The fourth-order valence-corrected chi connectivity index (χ4v) is 2.01. The quantitative estimate of drug-likeness (QED) is 0.475. The Balaban J connectivity index is 2.42. The van der Waals surface area contributed by atoms with E-state index in [0.717, 1.165) is 0 Å². The molecule has 1 saturated heterocycles. The lowest BCUT2D eigenvalue weighted by Crippen LogP contribution is -2.41. The summed E-state index contributed by atoms with van der Waals surface area (Å²) in [5.41, 5.74) is -0.782. The van der Waals surface area contributed by atoms with Crippen LogP contribution in [0.5, 0.6) is 0 Å². The predicted molar refractivity (Wildman–Crippen MR) is 73.8 cm³/mol. The topological polar surface area (TPSA) is 61.6 Å². The van der Waals surface area contributed by atoms with Crippen LogP contribution in [0, 0.1) is 10.1 Å². The molecule has 0 N–H and O–H groups in total. The highest BCUT2D eigenvalue weighted by atomic mass is 35.5. The molecule has 1 aromatic carbocycles. The second kappa shape index (κ2) is 4.47. The summed E-state index contributed by atoms with van der Waals surface area (Å²) in [4.78, 5) is 10.6. The molecule has 0 aromatic heterocycles. The van der Waals surface area contributed by atoms with Gasteiger partial charge in [0.1, 0.15) is 0 Å². The van der Waals surface area contributed by atoms with Gasteiger partial charge in [-0.2, -0.15) is 0 Å². The van der Waals surface area contributed by atoms with Crippen LogP contribution in [0.4, 0.5) is 5.69 Å². The molecule has 1 fully saturated rings. The molecule has 0 bridgehead atoms. The van der Waals surface area contributed by atoms with Gasteiger partial charge in [-0.3, -0.25) is 10.1 Å². The molecule has 0 amide bonds. The van der Waals surface area contributed by atoms with E-state index in [1.807, 2.05) is 27.7 Å². The lowest BCUT2D eigenvalue weighted by atomic mass is 9.78. The van der Waals surface area contributed by atoms with E-state index in [1.54, 1.807) is 12.1 Å². The Morgan fingerprint density at radius 2 is 1.74 bits per heavy atom. The fraction of sp³-hybridized carbons (Fsp3) is 0.500. The average molecular weight is 284 g/mol. The van der Waals surface area contributed by atoms with E-state index in [1.165, 1.54) is 6.07 Å². The van der Waals surface area contributed by atoms with Crippen LogP contribution in [0.3, 0.4) is 0 Å². The number of benzene rings is 1. The summed E-state index contributed by atoms with van der Waals surface area (Å²) >= 11 is 5.79. The zero-order chi connectivity index (χ0) is 14.4. The van der Waals surface area contributed by atoms with Gasteiger partial charge in [-0.1, -0.05) is 17.7 Å². The van der Waals surface area contributed by atoms with Crippen molar-refractivity contribution in [1.29, 1.82) is 0 Å². The highest BCUT2D eigenvalue weighted by molar-refractivity contribution is 6.63. The minimum Gasteiger partial charge on any atom is -0.399 e. The number of halogens is 1. The normalized spacial score (nSPS) is 20.6. The molecule has 2 rings (SSSR count). The lowest BCUT2D eigenvalue weighted by molar-refractivity contribution is -0.383. The predicted octanol–water partition coefficient (Wildman–Crippen LogP) is 2.55. The van der Waals surface area contributed by atoms with Crippen LogP contribution in [0.25, 0.3) is 0 Å². The maximum atomic E-state index is 11.1. The maximum Gasteiger partial charge on any atom is 0.501 e. The Bertz CT molecular complexity index is 516. The zero-order valence-corrected chi connectivity index (χ0v) is 12.0. The molecule has 0 radical (unpaired) electrons. The Morgan fingerprint density at radius 3 is 2.21 bits per heavy atom. The van der Waals surface area contributed by atoms with Gasteiger partial charge in [-0.05, 0) is 33.8 Å². The molecule has 0 aliphatic carbocycles. The lowest BCUT2D eigenvalue weighted by Gasteiger charge is -2.32. The molecule has 0 atom stereocenters. The molecular weight excluding hydrogens is 268 g/mol. The van der Waals surface area contributed by atoms with Crippen molar-refractivity contribution in [2.45, 2.75) is 38.9 Å². The molecule has 0 spiro atoms. The van der Waals surface area contributed by atoms with Gasteiger partial charge in [0.2, 0.25) is 0 Å². The van der Waals surface area contributed by atoms with Gasteiger partial charge in [0, 0.05) is 11.1 Å². The van der Waals surface area contributed by atoms with Crippen molar-refractivity contribution < 1.29 is 14.2 Å². The summed E-state index contributed by atoms with van der Waals surface area (Å²) in [6.45, 7) is 7.59. The van der Waals surface area contributed by atoms with Gasteiger partial charge in [0.05, 0.1) is 21.6 Å².